The molecule has 1 aliphatic heterocycles. The Labute approximate surface area is 167 Å². The molecular formula is C22H21BrN2O2. The molecule has 1 amide bonds. The Morgan fingerprint density at radius 3 is 2.56 bits per heavy atom. The van der Waals surface area contributed by atoms with E-state index in [-0.39, 0.29) is 5.91 Å². The molecule has 0 saturated carbocycles. The van der Waals surface area contributed by atoms with Crippen molar-refractivity contribution in [2.24, 2.45) is 0 Å². The van der Waals surface area contributed by atoms with Crippen LogP contribution in [0.2, 0.25) is 0 Å². The van der Waals surface area contributed by atoms with Crippen LogP contribution in [-0.4, -0.2) is 35.5 Å². The molecule has 1 aromatic heterocycles. The van der Waals surface area contributed by atoms with E-state index in [0.29, 0.717) is 12.2 Å². The third-order valence-corrected chi connectivity index (χ3v) is 5.35. The van der Waals surface area contributed by atoms with Crippen molar-refractivity contribution in [2.45, 2.75) is 19.8 Å². The zero-order chi connectivity index (χ0) is 18.8. The van der Waals surface area contributed by atoms with Crippen LogP contribution in [0, 0.1) is 0 Å². The van der Waals surface area contributed by atoms with Gasteiger partial charge in [0.2, 0.25) is 0 Å². The first-order valence-corrected chi connectivity index (χ1v) is 10.1. The lowest BCUT2D eigenvalue weighted by Gasteiger charge is -2.17. The number of hydrogen-bond acceptors (Lipinski definition) is 3. The van der Waals surface area contributed by atoms with E-state index in [0.717, 1.165) is 58.3 Å². The summed E-state index contributed by atoms with van der Waals surface area (Å²) in [5.41, 5.74) is 3.31. The molecule has 5 heteroatoms. The number of halogens is 1. The van der Waals surface area contributed by atoms with E-state index in [1.54, 1.807) is 0 Å². The maximum Gasteiger partial charge on any atom is 0.254 e. The predicted octanol–water partition coefficient (Wildman–Crippen LogP) is 5.30. The highest BCUT2D eigenvalue weighted by molar-refractivity contribution is 9.10. The highest BCUT2D eigenvalue weighted by atomic mass is 79.9. The lowest BCUT2D eigenvalue weighted by atomic mass is 10.0. The fraction of sp³-hybridized carbons (Fsp3) is 0.273. The van der Waals surface area contributed by atoms with E-state index in [1.807, 2.05) is 60.4 Å². The second kappa shape index (κ2) is 7.69. The first-order valence-electron chi connectivity index (χ1n) is 9.28. The summed E-state index contributed by atoms with van der Waals surface area (Å²) in [6.45, 7) is 4.26. The van der Waals surface area contributed by atoms with E-state index < -0.39 is 0 Å². The van der Waals surface area contributed by atoms with Crippen molar-refractivity contribution in [3.63, 3.8) is 0 Å². The normalized spacial score (nSPS) is 13.9. The molecule has 2 heterocycles. The van der Waals surface area contributed by atoms with Gasteiger partial charge in [-0.05, 0) is 68.3 Å². The van der Waals surface area contributed by atoms with E-state index in [9.17, 15) is 4.79 Å². The fourth-order valence-electron chi connectivity index (χ4n) is 3.50. The zero-order valence-corrected chi connectivity index (χ0v) is 16.8. The standard InChI is InChI=1S/C22H21BrN2O2/c1-2-27-17-8-5-15(6-9-17)21-14-19(22(26)25-11-3-4-12-25)18-13-16(23)7-10-20(18)24-21/h5-10,13-14H,2-4,11-12H2,1H3. The van der Waals surface area contributed by atoms with Crippen LogP contribution in [0.1, 0.15) is 30.1 Å². The number of aromatic nitrogens is 1. The number of carbonyl (C=O) groups excluding carboxylic acids is 1. The van der Waals surface area contributed by atoms with E-state index >= 15 is 0 Å². The Morgan fingerprint density at radius 1 is 1.11 bits per heavy atom. The Morgan fingerprint density at radius 2 is 1.85 bits per heavy atom. The van der Waals surface area contributed by atoms with Crippen molar-refractivity contribution >= 4 is 32.7 Å². The molecule has 0 N–H and O–H groups in total. The predicted molar refractivity (Wildman–Crippen MR) is 111 cm³/mol. The smallest absolute Gasteiger partial charge is 0.254 e. The minimum Gasteiger partial charge on any atom is -0.494 e. The summed E-state index contributed by atoms with van der Waals surface area (Å²) in [4.78, 5) is 19.9. The summed E-state index contributed by atoms with van der Waals surface area (Å²) < 4.78 is 6.47. The first kappa shape index (κ1) is 18.0. The minimum atomic E-state index is 0.0881. The van der Waals surface area contributed by atoms with Crippen LogP contribution in [0.15, 0.2) is 53.0 Å². The largest absolute Gasteiger partial charge is 0.494 e. The van der Waals surface area contributed by atoms with Gasteiger partial charge in [0.1, 0.15) is 5.75 Å². The van der Waals surface area contributed by atoms with Crippen molar-refractivity contribution in [3.05, 3.63) is 58.6 Å². The Kier molecular flexibility index (Phi) is 5.12. The van der Waals surface area contributed by atoms with Crippen LogP contribution in [0.5, 0.6) is 5.75 Å². The zero-order valence-electron chi connectivity index (χ0n) is 15.2. The van der Waals surface area contributed by atoms with Crippen LogP contribution in [0.3, 0.4) is 0 Å². The van der Waals surface area contributed by atoms with Gasteiger partial charge in [-0.25, -0.2) is 4.98 Å². The average molecular weight is 425 g/mol. The number of rotatable bonds is 4. The second-order valence-corrected chi connectivity index (χ2v) is 7.59. The molecule has 0 radical (unpaired) electrons. The molecule has 3 aromatic rings. The summed E-state index contributed by atoms with van der Waals surface area (Å²) in [6, 6.07) is 15.7. The number of nitrogens with zero attached hydrogens (tertiary/aromatic N) is 2. The van der Waals surface area contributed by atoms with Gasteiger partial charge in [0.25, 0.3) is 5.91 Å². The van der Waals surface area contributed by atoms with Gasteiger partial charge >= 0.3 is 0 Å². The Balaban J connectivity index is 1.82. The lowest BCUT2D eigenvalue weighted by Crippen LogP contribution is -2.27. The van der Waals surface area contributed by atoms with Gasteiger partial charge < -0.3 is 9.64 Å². The monoisotopic (exact) mass is 424 g/mol. The SMILES string of the molecule is CCOc1ccc(-c2cc(C(=O)N3CCCC3)c3cc(Br)ccc3n2)cc1. The topological polar surface area (TPSA) is 42.4 Å². The highest BCUT2D eigenvalue weighted by Crippen LogP contribution is 2.29. The maximum atomic E-state index is 13.2. The molecule has 0 spiro atoms. The molecule has 4 nitrogen and oxygen atoms in total. The van der Waals surface area contributed by atoms with Crippen LogP contribution < -0.4 is 4.74 Å². The van der Waals surface area contributed by atoms with Crippen LogP contribution in [0.25, 0.3) is 22.2 Å². The van der Waals surface area contributed by atoms with Gasteiger partial charge in [-0.1, -0.05) is 15.9 Å². The van der Waals surface area contributed by atoms with Gasteiger partial charge in [-0.3, -0.25) is 4.79 Å². The van der Waals surface area contributed by atoms with E-state index in [1.165, 1.54) is 0 Å². The lowest BCUT2D eigenvalue weighted by molar-refractivity contribution is 0.0794. The Bertz CT molecular complexity index is 980. The van der Waals surface area contributed by atoms with Gasteiger partial charge in [0.05, 0.1) is 23.4 Å². The van der Waals surface area contributed by atoms with Gasteiger partial charge in [-0.2, -0.15) is 0 Å². The fourth-order valence-corrected chi connectivity index (χ4v) is 3.86. The van der Waals surface area contributed by atoms with Crippen molar-refractivity contribution in [2.75, 3.05) is 19.7 Å². The van der Waals surface area contributed by atoms with Crippen molar-refractivity contribution in [1.29, 1.82) is 0 Å². The third-order valence-electron chi connectivity index (χ3n) is 4.86. The number of benzene rings is 2. The number of likely N-dealkylation sites (tertiary alicyclic amines) is 1. The van der Waals surface area contributed by atoms with Crippen molar-refractivity contribution in [3.8, 4) is 17.0 Å². The molecule has 0 atom stereocenters. The highest BCUT2D eigenvalue weighted by Gasteiger charge is 2.22. The number of carbonyl (C=O) groups is 1. The summed E-state index contributed by atoms with van der Waals surface area (Å²) in [7, 11) is 0. The van der Waals surface area contributed by atoms with E-state index in [2.05, 4.69) is 15.9 Å². The van der Waals surface area contributed by atoms with Crippen molar-refractivity contribution in [1.82, 2.24) is 9.88 Å². The number of ether oxygens (including phenoxy) is 1. The number of hydrogen-bond donors (Lipinski definition) is 0. The van der Waals surface area contributed by atoms with Crippen LogP contribution in [0.4, 0.5) is 0 Å². The van der Waals surface area contributed by atoms with Gasteiger partial charge in [-0.15, -0.1) is 0 Å². The average Bonchev–Trinajstić information content (AvgIpc) is 3.22. The molecule has 27 heavy (non-hydrogen) atoms. The number of fused-ring (bicyclic) bond motifs is 1. The molecule has 1 aliphatic rings. The molecule has 0 aliphatic carbocycles. The Hall–Kier alpha value is -2.40. The summed E-state index contributed by atoms with van der Waals surface area (Å²) >= 11 is 3.52. The second-order valence-electron chi connectivity index (χ2n) is 6.67. The summed E-state index contributed by atoms with van der Waals surface area (Å²) in [5.74, 6) is 0.921. The molecule has 1 fully saturated rings. The molecule has 1 saturated heterocycles. The molecule has 138 valence electrons. The third kappa shape index (κ3) is 3.69. The quantitative estimate of drug-likeness (QED) is 0.570. The van der Waals surface area contributed by atoms with E-state index in [4.69, 9.17) is 9.72 Å². The van der Waals surface area contributed by atoms with Crippen LogP contribution >= 0.6 is 15.9 Å². The molecular weight excluding hydrogens is 404 g/mol. The number of amides is 1. The summed E-state index contributed by atoms with van der Waals surface area (Å²) in [6.07, 6.45) is 2.15. The number of pyridine rings is 1. The van der Waals surface area contributed by atoms with Crippen molar-refractivity contribution < 1.29 is 9.53 Å². The maximum absolute atomic E-state index is 13.2. The molecule has 4 rings (SSSR count). The molecule has 0 bridgehead atoms. The van der Waals surface area contributed by atoms with Gasteiger partial charge in [0, 0.05) is 28.5 Å². The first-order chi connectivity index (χ1) is 13.2. The van der Waals surface area contributed by atoms with Crippen LogP contribution in [-0.2, 0) is 0 Å². The summed E-state index contributed by atoms with van der Waals surface area (Å²) in [5, 5.41) is 0.885. The van der Waals surface area contributed by atoms with Gasteiger partial charge in [0.15, 0.2) is 0 Å². The molecule has 0 unspecified atom stereocenters. The molecule has 2 aromatic carbocycles. The minimum absolute atomic E-state index is 0.0881.